The molecule has 0 fully saturated rings. The molecule has 2 unspecified atom stereocenters. The van der Waals surface area contributed by atoms with Gasteiger partial charge in [0.15, 0.2) is 29.3 Å². The highest BCUT2D eigenvalue weighted by Crippen LogP contribution is 2.24. The molecule has 1 amide bonds. The Labute approximate surface area is 263 Å². The molecule has 0 radical (unpaired) electrons. The van der Waals surface area contributed by atoms with E-state index in [1.165, 1.54) is 19.1 Å². The van der Waals surface area contributed by atoms with Crippen molar-refractivity contribution in [2.24, 2.45) is 5.73 Å². The molecular formula is C28H30ClF5N2O10. The summed E-state index contributed by atoms with van der Waals surface area (Å²) in [7, 11) is 0. The van der Waals surface area contributed by atoms with Crippen LogP contribution in [0.15, 0.2) is 30.3 Å². The Morgan fingerprint density at radius 3 is 1.83 bits per heavy atom. The molecular weight excluding hydrogens is 655 g/mol. The van der Waals surface area contributed by atoms with Crippen molar-refractivity contribution in [3.8, 4) is 0 Å². The monoisotopic (exact) mass is 684 g/mol. The fraction of sp³-hybridized carbons (Fsp3) is 0.321. The molecule has 254 valence electrons. The van der Waals surface area contributed by atoms with Crippen LogP contribution in [0.4, 0.5) is 22.0 Å². The minimum Gasteiger partial charge on any atom is -0.480 e. The number of carboxylic acid groups (broad SMARTS) is 3. The largest absolute Gasteiger partial charge is 0.480 e. The smallest absolute Gasteiger partial charge is 0.328 e. The molecule has 2 aromatic carbocycles. The lowest BCUT2D eigenvalue weighted by Crippen LogP contribution is -2.47. The van der Waals surface area contributed by atoms with Crippen molar-refractivity contribution < 1.29 is 71.1 Å². The number of ether oxygens (including phenoxy) is 1. The summed E-state index contributed by atoms with van der Waals surface area (Å²) in [6.45, 7) is 5.74. The minimum absolute atomic E-state index is 0.243. The van der Waals surface area contributed by atoms with Crippen molar-refractivity contribution >= 4 is 47.5 Å². The SMILES string of the molecule is CC(C)(C)OC(=O)CC(C)(N)C(=O)O.O=C(NC(CO)C(=O)O)c1cccc(Cl)c1.O=C(O)C=Cc1c(F)c(F)c(F)c(F)c1F. The lowest BCUT2D eigenvalue weighted by atomic mass is 10.00. The van der Waals surface area contributed by atoms with Gasteiger partial charge in [0.2, 0.25) is 5.82 Å². The van der Waals surface area contributed by atoms with Crippen LogP contribution in [0.1, 0.15) is 50.0 Å². The lowest BCUT2D eigenvalue weighted by Gasteiger charge is -2.23. The van der Waals surface area contributed by atoms with Crippen molar-refractivity contribution in [1.29, 1.82) is 0 Å². The number of benzene rings is 2. The van der Waals surface area contributed by atoms with Crippen molar-refractivity contribution in [1.82, 2.24) is 5.32 Å². The van der Waals surface area contributed by atoms with Gasteiger partial charge in [-0.05, 0) is 52.0 Å². The van der Waals surface area contributed by atoms with Crippen LogP contribution in [-0.2, 0) is 23.9 Å². The summed E-state index contributed by atoms with van der Waals surface area (Å²) < 4.78 is 68.4. The van der Waals surface area contributed by atoms with E-state index < -0.39 is 88.2 Å². The van der Waals surface area contributed by atoms with Gasteiger partial charge in [-0.25, -0.2) is 31.5 Å². The minimum atomic E-state index is -2.29. The maximum absolute atomic E-state index is 12.9. The molecule has 0 bridgehead atoms. The van der Waals surface area contributed by atoms with Crippen molar-refractivity contribution in [3.63, 3.8) is 0 Å². The van der Waals surface area contributed by atoms with Gasteiger partial charge in [0.25, 0.3) is 5.91 Å². The maximum atomic E-state index is 12.9. The average molecular weight is 685 g/mol. The zero-order chi connectivity index (χ0) is 36.2. The van der Waals surface area contributed by atoms with Gasteiger partial charge in [-0.1, -0.05) is 17.7 Å². The number of carbonyl (C=O) groups excluding carboxylic acids is 2. The number of aliphatic carboxylic acids is 3. The molecule has 2 atom stereocenters. The van der Waals surface area contributed by atoms with Crippen LogP contribution < -0.4 is 11.1 Å². The zero-order valence-electron chi connectivity index (χ0n) is 24.5. The Kier molecular flexibility index (Phi) is 16.0. The van der Waals surface area contributed by atoms with Crippen LogP contribution in [0, 0.1) is 29.1 Å². The van der Waals surface area contributed by atoms with Gasteiger partial charge in [0.05, 0.1) is 18.6 Å². The van der Waals surface area contributed by atoms with Crippen molar-refractivity contribution in [2.75, 3.05) is 6.61 Å². The Bertz CT molecular complexity index is 1450. The average Bonchev–Trinajstić information content (AvgIpc) is 2.92. The van der Waals surface area contributed by atoms with E-state index in [0.29, 0.717) is 11.1 Å². The number of nitrogens with one attached hydrogen (secondary N) is 1. The van der Waals surface area contributed by atoms with Crippen LogP contribution in [0.2, 0.25) is 5.02 Å². The summed E-state index contributed by atoms with van der Waals surface area (Å²) in [6, 6.07) is 4.77. The van der Waals surface area contributed by atoms with E-state index in [1.807, 2.05) is 0 Å². The molecule has 18 heteroatoms. The van der Waals surface area contributed by atoms with Gasteiger partial charge >= 0.3 is 23.9 Å². The number of hydrogen-bond acceptors (Lipinski definition) is 8. The van der Waals surface area contributed by atoms with Crippen LogP contribution in [0.25, 0.3) is 6.08 Å². The molecule has 0 aliphatic carbocycles. The Balaban J connectivity index is 0.000000663. The third-order valence-electron chi connectivity index (χ3n) is 4.93. The Morgan fingerprint density at radius 1 is 0.935 bits per heavy atom. The second-order valence-electron chi connectivity index (χ2n) is 10.2. The molecule has 0 aliphatic rings. The predicted molar refractivity (Wildman–Crippen MR) is 151 cm³/mol. The second-order valence-corrected chi connectivity index (χ2v) is 10.6. The van der Waals surface area contributed by atoms with E-state index in [4.69, 9.17) is 42.5 Å². The number of carboxylic acids is 3. The third kappa shape index (κ3) is 14.0. The molecule has 2 rings (SSSR count). The van der Waals surface area contributed by atoms with Gasteiger partial charge in [-0.2, -0.15) is 0 Å². The Morgan fingerprint density at radius 2 is 1.43 bits per heavy atom. The zero-order valence-corrected chi connectivity index (χ0v) is 25.3. The lowest BCUT2D eigenvalue weighted by molar-refractivity contribution is -0.160. The predicted octanol–water partition coefficient (Wildman–Crippen LogP) is 3.52. The summed E-state index contributed by atoms with van der Waals surface area (Å²) in [5, 5.41) is 36.7. The number of halogens is 6. The van der Waals surface area contributed by atoms with Gasteiger partial charge in [-0.3, -0.25) is 14.4 Å². The van der Waals surface area contributed by atoms with E-state index >= 15 is 0 Å². The summed E-state index contributed by atoms with van der Waals surface area (Å²) in [4.78, 5) is 53.9. The highest BCUT2D eigenvalue weighted by atomic mass is 35.5. The standard InChI is InChI=1S/C10H10ClNO4.C9H3F5O2.C9H17NO4/c11-7-3-1-2-6(4-7)9(14)12-8(5-13)10(15)16;10-5-3(1-2-4(15)16)6(11)8(13)9(14)7(5)12;1-8(2,3)14-6(11)5-9(4,10)7(12)13/h1-4,8,13H,5H2,(H,12,14)(H,15,16);1-2H,(H,15,16);5,10H2,1-4H3,(H,12,13). The van der Waals surface area contributed by atoms with Crippen LogP contribution in [0.5, 0.6) is 0 Å². The van der Waals surface area contributed by atoms with E-state index in [0.717, 1.165) is 0 Å². The van der Waals surface area contributed by atoms with Gasteiger partial charge in [0.1, 0.15) is 11.1 Å². The second kappa shape index (κ2) is 17.8. The number of nitrogens with two attached hydrogens (primary N) is 1. The van der Waals surface area contributed by atoms with Crippen molar-refractivity contribution in [2.45, 2.75) is 51.3 Å². The number of rotatable bonds is 9. The number of aliphatic hydroxyl groups is 1. The van der Waals surface area contributed by atoms with Crippen molar-refractivity contribution in [3.05, 3.63) is 75.6 Å². The van der Waals surface area contributed by atoms with Gasteiger partial charge < -0.3 is 36.2 Å². The summed E-state index contributed by atoms with van der Waals surface area (Å²) >= 11 is 5.68. The third-order valence-corrected chi connectivity index (χ3v) is 5.16. The molecule has 0 saturated carbocycles. The highest BCUT2D eigenvalue weighted by molar-refractivity contribution is 6.31. The normalized spacial score (nSPS) is 12.8. The molecule has 0 aromatic heterocycles. The Hall–Kier alpha value is -4.61. The van der Waals surface area contributed by atoms with E-state index in [2.05, 4.69) is 5.32 Å². The highest BCUT2D eigenvalue weighted by Gasteiger charge is 2.33. The first-order chi connectivity index (χ1) is 20.9. The summed E-state index contributed by atoms with van der Waals surface area (Å²) in [5.41, 5.74) is 2.14. The van der Waals surface area contributed by atoms with Crippen LogP contribution in [0.3, 0.4) is 0 Å². The molecule has 0 spiro atoms. The fourth-order valence-electron chi connectivity index (χ4n) is 2.73. The summed E-state index contributed by atoms with van der Waals surface area (Å²) in [6.07, 6.45) is 0.219. The van der Waals surface area contributed by atoms with E-state index in [9.17, 15) is 45.9 Å². The van der Waals surface area contributed by atoms with Gasteiger partial charge in [0, 0.05) is 16.7 Å². The first kappa shape index (κ1) is 41.4. The first-order valence-electron chi connectivity index (χ1n) is 12.5. The number of amides is 1. The molecule has 0 saturated heterocycles. The molecule has 46 heavy (non-hydrogen) atoms. The van der Waals surface area contributed by atoms with E-state index in [-0.39, 0.29) is 18.1 Å². The molecule has 2 aromatic rings. The molecule has 7 N–H and O–H groups in total. The topological polar surface area (TPSA) is 214 Å². The molecule has 12 nitrogen and oxygen atoms in total. The maximum Gasteiger partial charge on any atom is 0.328 e. The van der Waals surface area contributed by atoms with Crippen LogP contribution >= 0.6 is 11.6 Å². The molecule has 0 heterocycles. The molecule has 0 aliphatic heterocycles. The first-order valence-corrected chi connectivity index (χ1v) is 12.9. The number of esters is 1. The number of aliphatic hydroxyl groups excluding tert-OH is 1. The van der Waals surface area contributed by atoms with Gasteiger partial charge in [-0.15, -0.1) is 0 Å². The quantitative estimate of drug-likeness (QED) is 0.0739. The number of carbonyl (C=O) groups is 5. The fourth-order valence-corrected chi connectivity index (χ4v) is 2.92. The van der Waals surface area contributed by atoms with E-state index in [1.54, 1.807) is 32.9 Å². The summed E-state index contributed by atoms with van der Waals surface area (Å²) in [5.74, 6) is -16.0. The number of hydrogen-bond donors (Lipinski definition) is 6. The van der Waals surface area contributed by atoms with Crippen LogP contribution in [-0.4, -0.2) is 74.0 Å².